The summed E-state index contributed by atoms with van der Waals surface area (Å²) in [4.78, 5) is 14.5. The lowest BCUT2D eigenvalue weighted by molar-refractivity contribution is 0.103. The predicted molar refractivity (Wildman–Crippen MR) is 106 cm³/mol. The highest BCUT2D eigenvalue weighted by Crippen LogP contribution is 2.32. The molecule has 0 radical (unpaired) electrons. The van der Waals surface area contributed by atoms with Gasteiger partial charge in [-0.05, 0) is 54.5 Å². The number of thiophene rings is 2. The molecular weight excluding hydrogens is 388 g/mol. The van der Waals surface area contributed by atoms with Crippen molar-refractivity contribution < 1.29 is 13.2 Å². The number of aryl methyl sites for hydroxylation is 2. The molecule has 0 unspecified atom stereocenters. The van der Waals surface area contributed by atoms with Gasteiger partial charge in [0.1, 0.15) is 4.21 Å². The van der Waals surface area contributed by atoms with Gasteiger partial charge in [0.05, 0.1) is 16.3 Å². The molecule has 2 heterocycles. The first-order valence-corrected chi connectivity index (χ1v) is 11.3. The van der Waals surface area contributed by atoms with Crippen LogP contribution in [0.3, 0.4) is 0 Å². The summed E-state index contributed by atoms with van der Waals surface area (Å²) >= 11 is 2.66. The maximum absolute atomic E-state index is 12.6. The van der Waals surface area contributed by atoms with Crippen LogP contribution in [0.25, 0.3) is 0 Å². The minimum Gasteiger partial charge on any atom is -0.319 e. The van der Waals surface area contributed by atoms with Gasteiger partial charge in [-0.15, -0.1) is 22.7 Å². The number of sulfonamides is 1. The van der Waals surface area contributed by atoms with Crippen LogP contribution >= 0.6 is 22.7 Å². The Morgan fingerprint density at radius 3 is 2.58 bits per heavy atom. The largest absolute Gasteiger partial charge is 0.319 e. The van der Waals surface area contributed by atoms with Crippen molar-refractivity contribution in [1.29, 1.82) is 0 Å². The molecule has 2 N–H and O–H groups in total. The van der Waals surface area contributed by atoms with Crippen LogP contribution in [0.2, 0.25) is 0 Å². The molecule has 5 nitrogen and oxygen atoms in total. The second-order valence-electron chi connectivity index (χ2n) is 5.95. The molecule has 1 amide bonds. The van der Waals surface area contributed by atoms with E-state index in [2.05, 4.69) is 10.0 Å². The Balaban J connectivity index is 1.56. The lowest BCUT2D eigenvalue weighted by Crippen LogP contribution is -2.16. The van der Waals surface area contributed by atoms with Crippen LogP contribution in [0.5, 0.6) is 0 Å². The average molecular weight is 405 g/mol. The van der Waals surface area contributed by atoms with Gasteiger partial charge in [0.2, 0.25) is 0 Å². The Kier molecular flexibility index (Phi) is 4.56. The molecule has 0 atom stereocenters. The molecule has 0 fully saturated rings. The standard InChI is InChI=1S/C18H16N2O3S3/c21-18(16-11-12-5-3-8-15(12)25-16)19-13-6-1-2-7-14(13)20-26(22,23)17-9-4-10-24-17/h1-2,4,6-7,9-11,20H,3,5,8H2,(H,19,21). The summed E-state index contributed by atoms with van der Waals surface area (Å²) in [6.07, 6.45) is 3.21. The number of nitrogens with one attached hydrogen (secondary N) is 2. The number of amides is 1. The van der Waals surface area contributed by atoms with Crippen LogP contribution in [-0.2, 0) is 22.9 Å². The van der Waals surface area contributed by atoms with Gasteiger partial charge in [0.25, 0.3) is 15.9 Å². The normalized spacial score (nSPS) is 13.4. The van der Waals surface area contributed by atoms with Crippen molar-refractivity contribution in [2.45, 2.75) is 23.5 Å². The van der Waals surface area contributed by atoms with Crippen LogP contribution in [0.15, 0.2) is 52.1 Å². The Morgan fingerprint density at radius 2 is 1.85 bits per heavy atom. The maximum atomic E-state index is 12.6. The van der Waals surface area contributed by atoms with Crippen molar-refractivity contribution in [2.75, 3.05) is 10.0 Å². The first kappa shape index (κ1) is 17.3. The number of carbonyl (C=O) groups excluding carboxylic acids is 1. The van der Waals surface area contributed by atoms with Gasteiger partial charge in [-0.1, -0.05) is 18.2 Å². The number of carbonyl (C=O) groups is 1. The summed E-state index contributed by atoms with van der Waals surface area (Å²) in [6.45, 7) is 0. The number of para-hydroxylation sites is 2. The summed E-state index contributed by atoms with van der Waals surface area (Å²) in [5.41, 5.74) is 2.04. The molecule has 1 aliphatic rings. The van der Waals surface area contributed by atoms with E-state index in [1.807, 2.05) is 6.07 Å². The number of hydrogen-bond donors (Lipinski definition) is 2. The van der Waals surface area contributed by atoms with Gasteiger partial charge < -0.3 is 5.32 Å². The van der Waals surface area contributed by atoms with Crippen LogP contribution in [0.4, 0.5) is 11.4 Å². The van der Waals surface area contributed by atoms with Gasteiger partial charge in [0.15, 0.2) is 0 Å². The Bertz CT molecular complexity index is 1030. The van der Waals surface area contributed by atoms with Crippen molar-refractivity contribution in [3.05, 3.63) is 63.2 Å². The third kappa shape index (κ3) is 3.40. The summed E-state index contributed by atoms with van der Waals surface area (Å²) in [7, 11) is -3.67. The molecular formula is C18H16N2O3S3. The molecule has 0 aliphatic heterocycles. The molecule has 4 rings (SSSR count). The lowest BCUT2D eigenvalue weighted by atomic mass is 10.2. The second-order valence-corrected chi connectivity index (χ2v) is 9.94. The Labute approximate surface area is 159 Å². The zero-order valence-corrected chi connectivity index (χ0v) is 16.1. The van der Waals surface area contributed by atoms with E-state index in [1.165, 1.54) is 21.8 Å². The lowest BCUT2D eigenvalue weighted by Gasteiger charge is -2.12. The fraction of sp³-hybridized carbons (Fsp3) is 0.167. The molecule has 26 heavy (non-hydrogen) atoms. The highest BCUT2D eigenvalue weighted by Gasteiger charge is 2.20. The molecule has 0 saturated carbocycles. The topological polar surface area (TPSA) is 75.3 Å². The van der Waals surface area contributed by atoms with E-state index in [0.717, 1.165) is 30.6 Å². The van der Waals surface area contributed by atoms with Gasteiger partial charge in [-0.2, -0.15) is 0 Å². The minimum absolute atomic E-state index is 0.216. The third-order valence-corrected chi connectivity index (χ3v) is 8.15. The van der Waals surface area contributed by atoms with Crippen LogP contribution in [0.1, 0.15) is 26.5 Å². The van der Waals surface area contributed by atoms with Crippen LogP contribution < -0.4 is 10.0 Å². The van der Waals surface area contributed by atoms with Crippen molar-refractivity contribution in [1.82, 2.24) is 0 Å². The number of anilines is 2. The second kappa shape index (κ2) is 6.86. The fourth-order valence-electron chi connectivity index (χ4n) is 2.92. The van der Waals surface area contributed by atoms with Crippen molar-refractivity contribution in [2.24, 2.45) is 0 Å². The van der Waals surface area contributed by atoms with Crippen LogP contribution in [-0.4, -0.2) is 14.3 Å². The van der Waals surface area contributed by atoms with E-state index in [4.69, 9.17) is 0 Å². The zero-order valence-electron chi connectivity index (χ0n) is 13.7. The van der Waals surface area contributed by atoms with Gasteiger partial charge in [-0.25, -0.2) is 8.42 Å². The molecule has 8 heteroatoms. The molecule has 1 aliphatic carbocycles. The van der Waals surface area contributed by atoms with Crippen molar-refractivity contribution in [3.63, 3.8) is 0 Å². The Hall–Kier alpha value is -2.16. The highest BCUT2D eigenvalue weighted by molar-refractivity contribution is 7.94. The first-order valence-electron chi connectivity index (χ1n) is 8.11. The molecule has 134 valence electrons. The van der Waals surface area contributed by atoms with E-state index in [-0.39, 0.29) is 10.1 Å². The summed E-state index contributed by atoms with van der Waals surface area (Å²) < 4.78 is 27.7. The molecule has 1 aromatic carbocycles. The number of hydrogen-bond acceptors (Lipinski definition) is 5. The minimum atomic E-state index is -3.67. The number of benzene rings is 1. The van der Waals surface area contributed by atoms with Gasteiger partial charge >= 0.3 is 0 Å². The van der Waals surface area contributed by atoms with E-state index in [9.17, 15) is 13.2 Å². The van der Waals surface area contributed by atoms with E-state index in [1.54, 1.807) is 41.8 Å². The smallest absolute Gasteiger partial charge is 0.271 e. The molecule has 2 aromatic heterocycles. The summed E-state index contributed by atoms with van der Waals surface area (Å²) in [5.74, 6) is -0.216. The SMILES string of the molecule is O=C(Nc1ccccc1NS(=O)(=O)c1cccs1)c1cc2c(s1)CCC2. The zero-order chi connectivity index (χ0) is 18.1. The first-order chi connectivity index (χ1) is 12.5. The quantitative estimate of drug-likeness (QED) is 0.664. The molecule has 0 bridgehead atoms. The predicted octanol–water partition coefficient (Wildman–Crippen LogP) is 4.35. The summed E-state index contributed by atoms with van der Waals surface area (Å²) in [6, 6.07) is 12.0. The molecule has 0 spiro atoms. The van der Waals surface area contributed by atoms with E-state index >= 15 is 0 Å². The fourth-order valence-corrected chi connectivity index (χ4v) is 6.14. The van der Waals surface area contributed by atoms with Crippen molar-refractivity contribution in [3.8, 4) is 0 Å². The average Bonchev–Trinajstić information content (AvgIpc) is 3.33. The van der Waals surface area contributed by atoms with E-state index < -0.39 is 10.0 Å². The summed E-state index contributed by atoms with van der Waals surface area (Å²) in [5, 5.41) is 4.54. The monoisotopic (exact) mass is 404 g/mol. The van der Waals surface area contributed by atoms with Gasteiger partial charge in [-0.3, -0.25) is 9.52 Å². The number of rotatable bonds is 5. The third-order valence-electron chi connectivity index (χ3n) is 4.15. The van der Waals surface area contributed by atoms with Gasteiger partial charge in [0, 0.05) is 4.88 Å². The Morgan fingerprint density at radius 1 is 1.04 bits per heavy atom. The maximum Gasteiger partial charge on any atom is 0.271 e. The van der Waals surface area contributed by atoms with E-state index in [0.29, 0.717) is 16.3 Å². The highest BCUT2D eigenvalue weighted by atomic mass is 32.2. The number of fused-ring (bicyclic) bond motifs is 1. The van der Waals surface area contributed by atoms with Crippen LogP contribution in [0, 0.1) is 0 Å². The van der Waals surface area contributed by atoms with Crippen molar-refractivity contribution >= 4 is 50.0 Å². The molecule has 0 saturated heterocycles. The molecule has 3 aromatic rings.